The molecule has 0 aliphatic carbocycles. The maximum Gasteiger partial charge on any atom is 0.160 e. The summed E-state index contributed by atoms with van der Waals surface area (Å²) >= 11 is 0. The van der Waals surface area contributed by atoms with Gasteiger partial charge >= 0.3 is 0 Å². The second-order valence-electron chi connectivity index (χ2n) is 4.08. The molecule has 0 atom stereocenters. The van der Waals surface area contributed by atoms with E-state index in [0.717, 1.165) is 5.56 Å². The largest absolute Gasteiger partial charge is 0.504 e. The molecule has 15 heavy (non-hydrogen) atoms. The average Bonchev–Trinajstić information content (AvgIpc) is 2.17. The molecule has 0 saturated heterocycles. The number of benzene rings is 1. The van der Waals surface area contributed by atoms with Crippen molar-refractivity contribution in [2.24, 2.45) is 5.90 Å². The average molecular weight is 211 g/mol. The standard InChI is InChI=1S/C11H17NO3/c1-11(2,7-15-12)8-4-5-10(14-3)9(13)6-8/h4-6,13H,7,12H2,1-3H3. The molecule has 4 heteroatoms. The minimum atomic E-state index is -0.238. The summed E-state index contributed by atoms with van der Waals surface area (Å²) in [6, 6.07) is 5.28. The van der Waals surface area contributed by atoms with E-state index in [1.807, 2.05) is 19.9 Å². The van der Waals surface area contributed by atoms with E-state index < -0.39 is 0 Å². The number of aromatic hydroxyl groups is 1. The highest BCUT2D eigenvalue weighted by atomic mass is 16.6. The summed E-state index contributed by atoms with van der Waals surface area (Å²) < 4.78 is 4.97. The van der Waals surface area contributed by atoms with Crippen molar-refractivity contribution in [3.63, 3.8) is 0 Å². The van der Waals surface area contributed by atoms with Crippen LogP contribution in [-0.4, -0.2) is 18.8 Å². The maximum atomic E-state index is 9.63. The Hall–Kier alpha value is -1.26. The number of phenols is 1. The number of nitrogens with two attached hydrogens (primary N) is 1. The van der Waals surface area contributed by atoms with Gasteiger partial charge in [0, 0.05) is 5.41 Å². The monoisotopic (exact) mass is 211 g/mol. The molecule has 0 amide bonds. The summed E-state index contributed by atoms with van der Waals surface area (Å²) in [7, 11) is 1.52. The highest BCUT2D eigenvalue weighted by Gasteiger charge is 2.21. The number of methoxy groups -OCH3 is 1. The molecule has 0 fully saturated rings. The number of rotatable bonds is 4. The van der Waals surface area contributed by atoms with Crippen molar-refractivity contribution in [3.05, 3.63) is 23.8 Å². The molecule has 0 bridgehead atoms. The van der Waals surface area contributed by atoms with Crippen LogP contribution in [0.3, 0.4) is 0 Å². The third kappa shape index (κ3) is 2.61. The second kappa shape index (κ2) is 4.51. The van der Waals surface area contributed by atoms with Crippen LogP contribution in [0.15, 0.2) is 18.2 Å². The fourth-order valence-corrected chi connectivity index (χ4v) is 1.40. The van der Waals surface area contributed by atoms with Crippen LogP contribution in [0.5, 0.6) is 11.5 Å². The normalized spacial score (nSPS) is 11.5. The molecule has 0 saturated carbocycles. The predicted molar refractivity (Wildman–Crippen MR) is 57.8 cm³/mol. The first-order valence-electron chi connectivity index (χ1n) is 4.70. The lowest BCUT2D eigenvalue weighted by Gasteiger charge is -2.24. The van der Waals surface area contributed by atoms with Crippen LogP contribution in [0.4, 0.5) is 0 Å². The van der Waals surface area contributed by atoms with E-state index in [1.165, 1.54) is 7.11 Å². The first-order chi connectivity index (χ1) is 7.01. The van der Waals surface area contributed by atoms with Gasteiger partial charge in [0.05, 0.1) is 13.7 Å². The zero-order valence-corrected chi connectivity index (χ0v) is 9.28. The minimum Gasteiger partial charge on any atom is -0.504 e. The van der Waals surface area contributed by atoms with Crippen LogP contribution in [0.25, 0.3) is 0 Å². The first-order valence-corrected chi connectivity index (χ1v) is 4.70. The highest BCUT2D eigenvalue weighted by Crippen LogP contribution is 2.32. The van der Waals surface area contributed by atoms with Gasteiger partial charge in [0.2, 0.25) is 0 Å². The van der Waals surface area contributed by atoms with E-state index in [9.17, 15) is 5.11 Å². The van der Waals surface area contributed by atoms with Gasteiger partial charge in [-0.2, -0.15) is 0 Å². The third-order valence-corrected chi connectivity index (χ3v) is 2.40. The van der Waals surface area contributed by atoms with Gasteiger partial charge in [-0.3, -0.25) is 0 Å². The molecule has 4 nitrogen and oxygen atoms in total. The molecule has 1 aromatic carbocycles. The number of hydrogen-bond acceptors (Lipinski definition) is 4. The van der Waals surface area contributed by atoms with Crippen molar-refractivity contribution >= 4 is 0 Å². The van der Waals surface area contributed by atoms with Crippen LogP contribution in [0.2, 0.25) is 0 Å². The zero-order valence-electron chi connectivity index (χ0n) is 9.28. The number of phenolic OH excluding ortho intramolecular Hbond substituents is 1. The molecule has 0 aliphatic heterocycles. The van der Waals surface area contributed by atoms with Crippen molar-refractivity contribution in [3.8, 4) is 11.5 Å². The Kier molecular flexibility index (Phi) is 3.55. The Labute approximate surface area is 89.6 Å². The summed E-state index contributed by atoms with van der Waals surface area (Å²) in [6.07, 6.45) is 0. The van der Waals surface area contributed by atoms with Crippen LogP contribution in [-0.2, 0) is 10.3 Å². The van der Waals surface area contributed by atoms with Crippen LogP contribution >= 0.6 is 0 Å². The molecule has 0 radical (unpaired) electrons. The summed E-state index contributed by atoms with van der Waals surface area (Å²) in [5, 5.41) is 9.63. The quantitative estimate of drug-likeness (QED) is 0.742. The minimum absolute atomic E-state index is 0.125. The summed E-state index contributed by atoms with van der Waals surface area (Å²) in [5.41, 5.74) is 0.713. The lowest BCUT2D eigenvalue weighted by molar-refractivity contribution is 0.0963. The molecule has 0 heterocycles. The molecule has 0 aliphatic rings. The van der Waals surface area contributed by atoms with E-state index >= 15 is 0 Å². The van der Waals surface area contributed by atoms with E-state index in [2.05, 4.69) is 4.84 Å². The number of hydrogen-bond donors (Lipinski definition) is 2. The van der Waals surface area contributed by atoms with Gasteiger partial charge in [0.25, 0.3) is 0 Å². The highest BCUT2D eigenvalue weighted by molar-refractivity contribution is 5.43. The van der Waals surface area contributed by atoms with E-state index in [-0.39, 0.29) is 11.2 Å². The molecular weight excluding hydrogens is 194 g/mol. The first kappa shape index (κ1) is 11.8. The summed E-state index contributed by atoms with van der Waals surface area (Å²) in [4.78, 5) is 4.64. The fourth-order valence-electron chi connectivity index (χ4n) is 1.40. The molecule has 0 spiro atoms. The van der Waals surface area contributed by atoms with Crippen molar-refractivity contribution in [2.45, 2.75) is 19.3 Å². The van der Waals surface area contributed by atoms with Gasteiger partial charge in [0.1, 0.15) is 0 Å². The Bertz CT molecular complexity index is 337. The Balaban J connectivity index is 3.01. The van der Waals surface area contributed by atoms with Gasteiger partial charge in [0.15, 0.2) is 11.5 Å². The molecule has 3 N–H and O–H groups in total. The van der Waals surface area contributed by atoms with Crippen molar-refractivity contribution in [1.29, 1.82) is 0 Å². The second-order valence-corrected chi connectivity index (χ2v) is 4.08. The molecule has 84 valence electrons. The summed E-state index contributed by atoms with van der Waals surface area (Å²) in [5.74, 6) is 5.65. The van der Waals surface area contributed by atoms with Crippen LogP contribution < -0.4 is 10.6 Å². The molecule has 0 aromatic heterocycles. The van der Waals surface area contributed by atoms with Gasteiger partial charge in [-0.1, -0.05) is 19.9 Å². The Morgan fingerprint density at radius 3 is 2.53 bits per heavy atom. The predicted octanol–water partition coefficient (Wildman–Crippen LogP) is 1.57. The lowest BCUT2D eigenvalue weighted by Crippen LogP contribution is -2.26. The SMILES string of the molecule is COc1ccc(C(C)(C)CON)cc1O. The Morgan fingerprint density at radius 2 is 2.07 bits per heavy atom. The van der Waals surface area contributed by atoms with Gasteiger partial charge < -0.3 is 14.7 Å². The topological polar surface area (TPSA) is 64.7 Å². The van der Waals surface area contributed by atoms with Crippen molar-refractivity contribution in [2.75, 3.05) is 13.7 Å². The molecule has 1 aromatic rings. The zero-order chi connectivity index (χ0) is 11.5. The molecule has 1 rings (SSSR count). The van der Waals surface area contributed by atoms with E-state index in [0.29, 0.717) is 12.4 Å². The lowest BCUT2D eigenvalue weighted by atomic mass is 9.85. The fraction of sp³-hybridized carbons (Fsp3) is 0.455. The maximum absolute atomic E-state index is 9.63. The Morgan fingerprint density at radius 1 is 1.40 bits per heavy atom. The van der Waals surface area contributed by atoms with Gasteiger partial charge in [-0.15, -0.1) is 0 Å². The van der Waals surface area contributed by atoms with Crippen LogP contribution in [0, 0.1) is 0 Å². The van der Waals surface area contributed by atoms with E-state index in [1.54, 1.807) is 12.1 Å². The smallest absolute Gasteiger partial charge is 0.160 e. The molecule has 0 unspecified atom stereocenters. The van der Waals surface area contributed by atoms with Gasteiger partial charge in [-0.05, 0) is 17.7 Å². The van der Waals surface area contributed by atoms with E-state index in [4.69, 9.17) is 10.6 Å². The van der Waals surface area contributed by atoms with Gasteiger partial charge in [-0.25, -0.2) is 5.90 Å². The third-order valence-electron chi connectivity index (χ3n) is 2.40. The van der Waals surface area contributed by atoms with Crippen LogP contribution in [0.1, 0.15) is 19.4 Å². The molecular formula is C11H17NO3. The van der Waals surface area contributed by atoms with Crippen molar-refractivity contribution in [1.82, 2.24) is 0 Å². The summed E-state index contributed by atoms with van der Waals surface area (Å²) in [6.45, 7) is 4.36. The van der Waals surface area contributed by atoms with Crippen molar-refractivity contribution < 1.29 is 14.7 Å². The number of ether oxygens (including phenoxy) is 1.